The van der Waals surface area contributed by atoms with Gasteiger partial charge in [0.25, 0.3) is 0 Å². The van der Waals surface area contributed by atoms with E-state index in [0.29, 0.717) is 0 Å². The van der Waals surface area contributed by atoms with Crippen molar-refractivity contribution >= 4 is 18.4 Å². The van der Waals surface area contributed by atoms with Crippen molar-refractivity contribution in [2.45, 2.75) is 20.8 Å². The zero-order chi connectivity index (χ0) is 7.44. The number of aliphatic carboxylic acids is 1. The average Bonchev–Trinajstić information content (AvgIpc) is 1.63. The Morgan fingerprint density at radius 1 is 1.50 bits per heavy atom. The Balaban J connectivity index is 0. The average molecular weight is 165 g/mol. The summed E-state index contributed by atoms with van der Waals surface area (Å²) < 4.78 is 0. The Labute approximate surface area is 67.3 Å². The molecule has 1 unspecified atom stereocenters. The van der Waals surface area contributed by atoms with Gasteiger partial charge in [0.15, 0.2) is 0 Å². The van der Waals surface area contributed by atoms with Crippen LogP contribution in [0.25, 0.3) is 0 Å². The molecule has 0 fully saturated rings. The molecular weight excluding hydrogens is 152 g/mol. The SMILES string of the molecule is CC(C)=CC(C)C(=O)O.Cl. The molecule has 0 radical (unpaired) electrons. The van der Waals surface area contributed by atoms with Crippen molar-refractivity contribution in [3.8, 4) is 0 Å². The van der Waals surface area contributed by atoms with Crippen LogP contribution in [0.15, 0.2) is 11.6 Å². The molecule has 2 nitrogen and oxygen atoms in total. The highest BCUT2D eigenvalue weighted by atomic mass is 35.5. The summed E-state index contributed by atoms with van der Waals surface area (Å²) in [5.41, 5.74) is 1.05. The maximum absolute atomic E-state index is 10.2. The molecule has 0 aliphatic rings. The van der Waals surface area contributed by atoms with Gasteiger partial charge in [-0.2, -0.15) is 0 Å². The number of hydrogen-bond acceptors (Lipinski definition) is 1. The summed E-state index contributed by atoms with van der Waals surface area (Å²) in [6, 6.07) is 0. The molecule has 10 heavy (non-hydrogen) atoms. The molecular formula is C7H13ClO2. The normalized spacial score (nSPS) is 11.1. The first-order valence-electron chi connectivity index (χ1n) is 2.92. The van der Waals surface area contributed by atoms with Crippen LogP contribution in [0.4, 0.5) is 0 Å². The molecule has 3 heteroatoms. The first-order valence-corrected chi connectivity index (χ1v) is 2.92. The van der Waals surface area contributed by atoms with Crippen LogP contribution in [0, 0.1) is 5.92 Å². The first-order chi connectivity index (χ1) is 4.04. The van der Waals surface area contributed by atoms with Gasteiger partial charge in [-0.25, -0.2) is 0 Å². The lowest BCUT2D eigenvalue weighted by Crippen LogP contribution is -2.05. The molecule has 0 amide bonds. The fourth-order valence-electron chi connectivity index (χ4n) is 0.571. The summed E-state index contributed by atoms with van der Waals surface area (Å²) >= 11 is 0. The lowest BCUT2D eigenvalue weighted by Gasteiger charge is -1.97. The van der Waals surface area contributed by atoms with Crippen LogP contribution in [0.1, 0.15) is 20.8 Å². The zero-order valence-electron chi connectivity index (χ0n) is 6.42. The third-order valence-corrected chi connectivity index (χ3v) is 0.973. The predicted molar refractivity (Wildman–Crippen MR) is 43.5 cm³/mol. The van der Waals surface area contributed by atoms with Gasteiger partial charge < -0.3 is 5.11 Å². The third-order valence-electron chi connectivity index (χ3n) is 0.973. The summed E-state index contributed by atoms with van der Waals surface area (Å²) in [7, 11) is 0. The second kappa shape index (κ2) is 5.30. The highest BCUT2D eigenvalue weighted by Gasteiger charge is 2.04. The van der Waals surface area contributed by atoms with E-state index in [1.165, 1.54) is 0 Å². The van der Waals surface area contributed by atoms with Crippen LogP contribution in [-0.4, -0.2) is 11.1 Å². The molecule has 0 saturated carbocycles. The summed E-state index contributed by atoms with van der Waals surface area (Å²) in [6.45, 7) is 5.44. The van der Waals surface area contributed by atoms with Gasteiger partial charge in [0, 0.05) is 0 Å². The fraction of sp³-hybridized carbons (Fsp3) is 0.571. The standard InChI is InChI=1S/C7H12O2.ClH/c1-5(2)4-6(3)7(8)9;/h4,6H,1-3H3,(H,8,9);1H. The summed E-state index contributed by atoms with van der Waals surface area (Å²) in [5.74, 6) is -1.12. The van der Waals surface area contributed by atoms with Crippen molar-refractivity contribution in [2.24, 2.45) is 5.92 Å². The van der Waals surface area contributed by atoms with Crippen LogP contribution in [0.2, 0.25) is 0 Å². The van der Waals surface area contributed by atoms with Gasteiger partial charge in [-0.05, 0) is 20.8 Å². The van der Waals surface area contributed by atoms with E-state index in [9.17, 15) is 4.79 Å². The number of carboxylic acid groups (broad SMARTS) is 1. The molecule has 0 heterocycles. The van der Waals surface area contributed by atoms with Crippen LogP contribution < -0.4 is 0 Å². The molecule has 0 aromatic carbocycles. The second-order valence-corrected chi connectivity index (χ2v) is 2.37. The maximum Gasteiger partial charge on any atom is 0.310 e. The van der Waals surface area contributed by atoms with E-state index >= 15 is 0 Å². The third kappa shape index (κ3) is 5.63. The van der Waals surface area contributed by atoms with Crippen LogP contribution in [0.5, 0.6) is 0 Å². The van der Waals surface area contributed by atoms with Crippen molar-refractivity contribution in [3.63, 3.8) is 0 Å². The summed E-state index contributed by atoms with van der Waals surface area (Å²) in [5, 5.41) is 8.39. The molecule has 0 aromatic rings. The minimum atomic E-state index is -0.767. The van der Waals surface area contributed by atoms with Crippen LogP contribution in [0.3, 0.4) is 0 Å². The molecule has 0 rings (SSSR count). The quantitative estimate of drug-likeness (QED) is 0.635. The second-order valence-electron chi connectivity index (χ2n) is 2.37. The van der Waals surface area contributed by atoms with E-state index in [0.717, 1.165) is 5.57 Å². The van der Waals surface area contributed by atoms with Crippen molar-refractivity contribution in [1.82, 2.24) is 0 Å². The molecule has 0 bridgehead atoms. The molecule has 0 spiro atoms. The Hall–Kier alpha value is -0.500. The fourth-order valence-corrected chi connectivity index (χ4v) is 0.571. The van der Waals surface area contributed by atoms with Gasteiger partial charge in [0.1, 0.15) is 0 Å². The van der Waals surface area contributed by atoms with E-state index in [1.54, 1.807) is 13.0 Å². The number of rotatable bonds is 2. The largest absolute Gasteiger partial charge is 0.481 e. The summed E-state index contributed by atoms with van der Waals surface area (Å²) in [4.78, 5) is 10.2. The van der Waals surface area contributed by atoms with Gasteiger partial charge in [-0.15, -0.1) is 12.4 Å². The molecule has 0 aromatic heterocycles. The smallest absolute Gasteiger partial charge is 0.310 e. The van der Waals surface area contributed by atoms with Gasteiger partial charge in [0.05, 0.1) is 5.92 Å². The van der Waals surface area contributed by atoms with Gasteiger partial charge >= 0.3 is 5.97 Å². The van der Waals surface area contributed by atoms with E-state index in [-0.39, 0.29) is 18.3 Å². The Bertz CT molecular complexity index is 137. The Morgan fingerprint density at radius 2 is 1.90 bits per heavy atom. The Kier molecular flexibility index (Phi) is 6.46. The number of halogens is 1. The number of allylic oxidation sites excluding steroid dienone is 1. The minimum absolute atomic E-state index is 0. The molecule has 60 valence electrons. The highest BCUT2D eigenvalue weighted by Crippen LogP contribution is 2.00. The predicted octanol–water partition coefficient (Wildman–Crippen LogP) is 2.10. The number of hydrogen-bond donors (Lipinski definition) is 1. The van der Waals surface area contributed by atoms with Crippen LogP contribution in [-0.2, 0) is 4.79 Å². The van der Waals surface area contributed by atoms with Crippen molar-refractivity contribution in [3.05, 3.63) is 11.6 Å². The van der Waals surface area contributed by atoms with E-state index in [4.69, 9.17) is 5.11 Å². The Morgan fingerprint density at radius 3 is 2.00 bits per heavy atom. The molecule has 0 saturated heterocycles. The molecule has 0 aliphatic carbocycles. The van der Waals surface area contributed by atoms with E-state index < -0.39 is 5.97 Å². The lowest BCUT2D eigenvalue weighted by atomic mass is 10.1. The van der Waals surface area contributed by atoms with Gasteiger partial charge in [-0.3, -0.25) is 4.79 Å². The van der Waals surface area contributed by atoms with Gasteiger partial charge in [-0.1, -0.05) is 11.6 Å². The van der Waals surface area contributed by atoms with Crippen molar-refractivity contribution in [2.75, 3.05) is 0 Å². The van der Waals surface area contributed by atoms with Crippen LogP contribution >= 0.6 is 12.4 Å². The van der Waals surface area contributed by atoms with Crippen molar-refractivity contribution in [1.29, 1.82) is 0 Å². The maximum atomic E-state index is 10.2. The van der Waals surface area contributed by atoms with Gasteiger partial charge in [0.2, 0.25) is 0 Å². The number of carboxylic acids is 1. The molecule has 1 N–H and O–H groups in total. The minimum Gasteiger partial charge on any atom is -0.481 e. The first kappa shape index (κ1) is 12.2. The lowest BCUT2D eigenvalue weighted by molar-refractivity contribution is -0.139. The topological polar surface area (TPSA) is 37.3 Å². The zero-order valence-corrected chi connectivity index (χ0v) is 7.23. The number of carbonyl (C=O) groups is 1. The monoisotopic (exact) mass is 164 g/mol. The molecule has 0 aliphatic heterocycles. The highest BCUT2D eigenvalue weighted by molar-refractivity contribution is 5.85. The van der Waals surface area contributed by atoms with E-state index in [2.05, 4.69) is 0 Å². The van der Waals surface area contributed by atoms with E-state index in [1.807, 2.05) is 13.8 Å². The molecule has 1 atom stereocenters. The summed E-state index contributed by atoms with van der Waals surface area (Å²) in [6.07, 6.45) is 1.72. The van der Waals surface area contributed by atoms with Crippen molar-refractivity contribution < 1.29 is 9.90 Å².